The van der Waals surface area contributed by atoms with Crippen LogP contribution >= 0.6 is 0 Å². The Morgan fingerprint density at radius 3 is 2.57 bits per heavy atom. The van der Waals surface area contributed by atoms with E-state index < -0.39 is 4.92 Å². The van der Waals surface area contributed by atoms with Gasteiger partial charge in [0.2, 0.25) is 0 Å². The third kappa shape index (κ3) is 3.68. The predicted octanol–water partition coefficient (Wildman–Crippen LogP) is 5.12. The second-order valence-electron chi connectivity index (χ2n) is 6.11. The van der Waals surface area contributed by atoms with Crippen molar-refractivity contribution in [2.45, 2.75) is 0 Å². The van der Waals surface area contributed by atoms with Crippen molar-refractivity contribution >= 4 is 28.2 Å². The summed E-state index contributed by atoms with van der Waals surface area (Å²) in [6.45, 7) is 0. The van der Waals surface area contributed by atoms with Crippen LogP contribution in [-0.4, -0.2) is 15.8 Å². The number of amides is 1. The third-order valence-electron chi connectivity index (χ3n) is 4.19. The molecule has 0 aliphatic rings. The Morgan fingerprint density at radius 1 is 0.964 bits per heavy atom. The monoisotopic (exact) mass is 373 g/mol. The summed E-state index contributed by atoms with van der Waals surface area (Å²) >= 11 is 0. The number of carbonyl (C=O) groups is 1. The Morgan fingerprint density at radius 2 is 1.79 bits per heavy atom. The Kier molecular flexibility index (Phi) is 4.47. The minimum absolute atomic E-state index is 0.0140. The fraction of sp³-hybridized carbons (Fsp3) is 0. The normalized spacial score (nSPS) is 10.6. The van der Waals surface area contributed by atoms with Crippen molar-refractivity contribution in [1.29, 1.82) is 0 Å². The smallest absolute Gasteiger partial charge is 0.269 e. The summed E-state index contributed by atoms with van der Waals surface area (Å²) < 4.78 is 5.69. The topological polar surface area (TPSA) is 97.3 Å². The van der Waals surface area contributed by atoms with Crippen LogP contribution in [0.25, 0.3) is 10.9 Å². The number of nitro benzene ring substituents is 1. The van der Waals surface area contributed by atoms with Crippen molar-refractivity contribution in [2.24, 2.45) is 0 Å². The van der Waals surface area contributed by atoms with E-state index in [0.717, 1.165) is 10.9 Å². The van der Waals surface area contributed by atoms with Gasteiger partial charge < -0.3 is 15.0 Å². The lowest BCUT2D eigenvalue weighted by Gasteiger charge is -2.09. The maximum atomic E-state index is 12.6. The number of H-pyrrole nitrogens is 1. The van der Waals surface area contributed by atoms with Gasteiger partial charge in [0.1, 0.15) is 11.5 Å². The summed E-state index contributed by atoms with van der Waals surface area (Å²) in [7, 11) is 0. The highest BCUT2D eigenvalue weighted by Gasteiger charge is 2.10. The van der Waals surface area contributed by atoms with Crippen molar-refractivity contribution in [3.63, 3.8) is 0 Å². The number of nitrogens with zero attached hydrogens (tertiary/aromatic N) is 1. The third-order valence-corrected chi connectivity index (χ3v) is 4.19. The average Bonchev–Trinajstić information content (AvgIpc) is 3.16. The van der Waals surface area contributed by atoms with Crippen molar-refractivity contribution < 1.29 is 14.5 Å². The summed E-state index contributed by atoms with van der Waals surface area (Å²) in [6, 6.07) is 20.0. The Hall–Kier alpha value is -4.13. The number of carbonyl (C=O) groups excluding carboxylic acids is 1. The van der Waals surface area contributed by atoms with E-state index in [9.17, 15) is 14.9 Å². The lowest BCUT2D eigenvalue weighted by molar-refractivity contribution is -0.384. The number of nitro groups is 1. The second-order valence-corrected chi connectivity index (χ2v) is 6.11. The van der Waals surface area contributed by atoms with Crippen molar-refractivity contribution in [1.82, 2.24) is 4.98 Å². The number of aromatic nitrogens is 1. The zero-order valence-electron chi connectivity index (χ0n) is 14.6. The number of fused-ring (bicyclic) bond motifs is 1. The van der Waals surface area contributed by atoms with Gasteiger partial charge in [-0.15, -0.1) is 0 Å². The maximum Gasteiger partial charge on any atom is 0.269 e. The van der Waals surface area contributed by atoms with Gasteiger partial charge in [-0.2, -0.15) is 0 Å². The van der Waals surface area contributed by atoms with Gasteiger partial charge in [-0.05, 0) is 54.6 Å². The fourth-order valence-electron chi connectivity index (χ4n) is 2.81. The number of rotatable bonds is 5. The van der Waals surface area contributed by atoms with Gasteiger partial charge in [0, 0.05) is 40.5 Å². The molecular formula is C21H15N3O4. The highest BCUT2D eigenvalue weighted by Crippen LogP contribution is 2.25. The van der Waals surface area contributed by atoms with Crippen LogP contribution in [0, 0.1) is 10.1 Å². The molecule has 0 saturated carbocycles. The SMILES string of the molecule is O=C(Nc1ccc2[nH]ccc2c1)c1cccc(Oc2ccc([N+](=O)[O-])cc2)c1. The highest BCUT2D eigenvalue weighted by atomic mass is 16.6. The van der Waals surface area contributed by atoms with Crippen LogP contribution in [0.5, 0.6) is 11.5 Å². The van der Waals surface area contributed by atoms with Gasteiger partial charge in [-0.3, -0.25) is 14.9 Å². The first-order valence-corrected chi connectivity index (χ1v) is 8.49. The van der Waals surface area contributed by atoms with E-state index in [4.69, 9.17) is 4.74 Å². The first-order chi connectivity index (χ1) is 13.6. The molecule has 0 radical (unpaired) electrons. The number of aromatic amines is 1. The molecule has 7 nitrogen and oxygen atoms in total. The fourth-order valence-corrected chi connectivity index (χ4v) is 2.81. The number of anilines is 1. The van der Waals surface area contributed by atoms with Crippen molar-refractivity contribution in [3.05, 3.63) is 94.7 Å². The molecule has 7 heteroatoms. The van der Waals surface area contributed by atoms with E-state index in [1.54, 1.807) is 24.3 Å². The van der Waals surface area contributed by atoms with Crippen molar-refractivity contribution in [3.8, 4) is 11.5 Å². The van der Waals surface area contributed by atoms with Crippen LogP contribution in [-0.2, 0) is 0 Å². The lowest BCUT2D eigenvalue weighted by atomic mass is 10.2. The Balaban J connectivity index is 1.49. The summed E-state index contributed by atoms with van der Waals surface area (Å²) in [4.78, 5) is 25.9. The van der Waals surface area contributed by atoms with Crippen LogP contribution in [0.4, 0.5) is 11.4 Å². The number of nitrogens with one attached hydrogen (secondary N) is 2. The van der Waals surface area contributed by atoms with Gasteiger partial charge >= 0.3 is 0 Å². The molecule has 0 atom stereocenters. The molecule has 0 aliphatic heterocycles. The van der Waals surface area contributed by atoms with Crippen LogP contribution in [0.3, 0.4) is 0 Å². The standard InChI is InChI=1S/C21H15N3O4/c25-21(23-16-4-9-20-14(12-16)10-11-22-20)15-2-1-3-19(13-15)28-18-7-5-17(6-8-18)24(26)27/h1-13,22H,(H,23,25). The number of ether oxygens (including phenoxy) is 1. The van der Waals surface area contributed by atoms with Crippen LogP contribution in [0.1, 0.15) is 10.4 Å². The quantitative estimate of drug-likeness (QED) is 0.375. The van der Waals surface area contributed by atoms with Crippen LogP contribution in [0.2, 0.25) is 0 Å². The predicted molar refractivity (Wildman–Crippen MR) is 106 cm³/mol. The molecule has 138 valence electrons. The van der Waals surface area contributed by atoms with E-state index in [2.05, 4.69) is 10.3 Å². The maximum absolute atomic E-state index is 12.6. The highest BCUT2D eigenvalue weighted by molar-refractivity contribution is 6.05. The summed E-state index contributed by atoms with van der Waals surface area (Å²) in [6.07, 6.45) is 1.84. The first kappa shape index (κ1) is 17.3. The molecule has 28 heavy (non-hydrogen) atoms. The molecule has 1 aromatic heterocycles. The molecule has 0 unspecified atom stereocenters. The van der Waals surface area contributed by atoms with E-state index >= 15 is 0 Å². The number of hydrogen-bond donors (Lipinski definition) is 2. The molecule has 0 aliphatic carbocycles. The molecule has 0 saturated heterocycles. The van der Waals surface area contributed by atoms with Crippen LogP contribution < -0.4 is 10.1 Å². The van der Waals surface area contributed by atoms with Gasteiger partial charge in [0.25, 0.3) is 11.6 Å². The van der Waals surface area contributed by atoms with Crippen molar-refractivity contribution in [2.75, 3.05) is 5.32 Å². The number of non-ortho nitro benzene ring substituents is 1. The first-order valence-electron chi connectivity index (χ1n) is 8.49. The molecular weight excluding hydrogens is 358 g/mol. The molecule has 1 amide bonds. The second kappa shape index (κ2) is 7.24. The summed E-state index contributed by atoms with van der Waals surface area (Å²) in [5.74, 6) is 0.646. The Labute approximate surface area is 159 Å². The lowest BCUT2D eigenvalue weighted by Crippen LogP contribution is -2.11. The Bertz CT molecular complexity index is 1170. The van der Waals surface area contributed by atoms with Crippen LogP contribution in [0.15, 0.2) is 79.0 Å². The molecule has 1 heterocycles. The average molecular weight is 373 g/mol. The van der Waals surface area contributed by atoms with E-state index in [-0.39, 0.29) is 11.6 Å². The molecule has 4 rings (SSSR count). The number of hydrogen-bond acceptors (Lipinski definition) is 4. The molecule has 0 spiro atoms. The molecule has 4 aromatic rings. The van der Waals surface area contributed by atoms with E-state index in [1.807, 2.05) is 30.5 Å². The minimum Gasteiger partial charge on any atom is -0.457 e. The van der Waals surface area contributed by atoms with Gasteiger partial charge in [0.15, 0.2) is 0 Å². The summed E-state index contributed by atoms with van der Waals surface area (Å²) in [5, 5.41) is 14.6. The number of benzene rings is 3. The molecule has 0 bridgehead atoms. The molecule has 0 fully saturated rings. The molecule has 3 aromatic carbocycles. The van der Waals surface area contributed by atoms with Gasteiger partial charge in [0.05, 0.1) is 4.92 Å². The van der Waals surface area contributed by atoms with Gasteiger partial charge in [-0.1, -0.05) is 6.07 Å². The summed E-state index contributed by atoms with van der Waals surface area (Å²) in [5.41, 5.74) is 2.11. The van der Waals surface area contributed by atoms with E-state index in [1.165, 1.54) is 24.3 Å². The van der Waals surface area contributed by atoms with Gasteiger partial charge in [-0.25, -0.2) is 0 Å². The molecule has 2 N–H and O–H groups in total. The minimum atomic E-state index is -0.473. The van der Waals surface area contributed by atoms with E-state index in [0.29, 0.717) is 22.7 Å². The zero-order valence-corrected chi connectivity index (χ0v) is 14.6. The largest absolute Gasteiger partial charge is 0.457 e. The zero-order chi connectivity index (χ0) is 19.5.